The van der Waals surface area contributed by atoms with Crippen LogP contribution < -0.4 is 0 Å². The number of aliphatic hydroxyl groups is 1. The molecule has 1 unspecified atom stereocenters. The largest absolute Gasteiger partial charge is 0.466 e. The van der Waals surface area contributed by atoms with Gasteiger partial charge in [0.2, 0.25) is 0 Å². The van der Waals surface area contributed by atoms with Crippen LogP contribution in [0.5, 0.6) is 0 Å². The minimum atomic E-state index is -0.488. The Labute approximate surface area is 113 Å². The summed E-state index contributed by atoms with van der Waals surface area (Å²) in [4.78, 5) is 1.17. The SMILES string of the molecule is Cc1oc(C)c(C(O)Cc2ccc(Br)s2)c1C. The standard InChI is InChI=1S/C13H15BrO2S/c1-7-8(2)16-9(3)13(7)11(15)6-10-4-5-12(14)17-10/h4-5,11,15H,6H2,1-3H3. The second kappa shape index (κ2) is 4.96. The van der Waals surface area contributed by atoms with Crippen LogP contribution in [0.4, 0.5) is 0 Å². The van der Waals surface area contributed by atoms with Gasteiger partial charge in [-0.3, -0.25) is 0 Å². The summed E-state index contributed by atoms with van der Waals surface area (Å²) in [5.41, 5.74) is 2.00. The van der Waals surface area contributed by atoms with Crippen molar-refractivity contribution < 1.29 is 9.52 Å². The van der Waals surface area contributed by atoms with Crippen molar-refractivity contribution in [1.82, 2.24) is 0 Å². The summed E-state index contributed by atoms with van der Waals surface area (Å²) >= 11 is 5.09. The molecule has 1 N–H and O–H groups in total. The average molecular weight is 315 g/mol. The minimum absolute atomic E-state index is 0.488. The fraction of sp³-hybridized carbons (Fsp3) is 0.385. The zero-order valence-corrected chi connectivity index (χ0v) is 12.5. The van der Waals surface area contributed by atoms with Gasteiger partial charge >= 0.3 is 0 Å². The third kappa shape index (κ3) is 2.64. The molecule has 0 aromatic carbocycles. The Bertz CT molecular complexity index is 528. The summed E-state index contributed by atoms with van der Waals surface area (Å²) in [5, 5.41) is 10.3. The molecule has 4 heteroatoms. The van der Waals surface area contributed by atoms with Crippen LogP contribution in [0.15, 0.2) is 20.3 Å². The van der Waals surface area contributed by atoms with Gasteiger partial charge in [0.15, 0.2) is 0 Å². The van der Waals surface area contributed by atoms with Gasteiger partial charge in [-0.2, -0.15) is 0 Å². The summed E-state index contributed by atoms with van der Waals surface area (Å²) in [6.45, 7) is 5.83. The molecule has 0 bridgehead atoms. The molecule has 0 aliphatic rings. The van der Waals surface area contributed by atoms with Gasteiger partial charge in [0.05, 0.1) is 9.89 Å². The maximum absolute atomic E-state index is 10.3. The van der Waals surface area contributed by atoms with Gasteiger partial charge in [-0.05, 0) is 54.4 Å². The normalized spacial score (nSPS) is 13.0. The summed E-state index contributed by atoms with van der Waals surface area (Å²) in [5.74, 6) is 1.71. The lowest BCUT2D eigenvalue weighted by molar-refractivity contribution is 0.177. The van der Waals surface area contributed by atoms with Crippen LogP contribution >= 0.6 is 27.3 Å². The number of furan rings is 1. The molecule has 1 atom stereocenters. The van der Waals surface area contributed by atoms with Crippen LogP contribution in [0, 0.1) is 20.8 Å². The van der Waals surface area contributed by atoms with Crippen LogP contribution in [0.2, 0.25) is 0 Å². The molecule has 2 rings (SSSR count). The maximum Gasteiger partial charge on any atom is 0.107 e. The van der Waals surface area contributed by atoms with Gasteiger partial charge in [0, 0.05) is 16.9 Å². The van der Waals surface area contributed by atoms with E-state index in [4.69, 9.17) is 4.42 Å². The van der Waals surface area contributed by atoms with Crippen molar-refractivity contribution in [3.63, 3.8) is 0 Å². The molecule has 0 aliphatic carbocycles. The van der Waals surface area contributed by atoms with Crippen molar-refractivity contribution in [2.45, 2.75) is 33.3 Å². The summed E-state index contributed by atoms with van der Waals surface area (Å²) in [6.07, 6.45) is 0.148. The highest BCUT2D eigenvalue weighted by atomic mass is 79.9. The molecule has 0 saturated carbocycles. The van der Waals surface area contributed by atoms with Crippen LogP contribution in [0.1, 0.15) is 33.6 Å². The van der Waals surface area contributed by atoms with Crippen molar-refractivity contribution in [2.24, 2.45) is 0 Å². The van der Waals surface area contributed by atoms with Gasteiger partial charge in [0.25, 0.3) is 0 Å². The maximum atomic E-state index is 10.3. The molecule has 2 nitrogen and oxygen atoms in total. The van der Waals surface area contributed by atoms with E-state index in [1.165, 1.54) is 4.88 Å². The number of rotatable bonds is 3. The van der Waals surface area contributed by atoms with Crippen LogP contribution in [-0.2, 0) is 6.42 Å². The van der Waals surface area contributed by atoms with E-state index in [9.17, 15) is 5.11 Å². The predicted molar refractivity (Wildman–Crippen MR) is 73.6 cm³/mol. The number of hydrogen-bond donors (Lipinski definition) is 1. The van der Waals surface area contributed by atoms with Crippen molar-refractivity contribution in [3.8, 4) is 0 Å². The third-order valence-electron chi connectivity index (χ3n) is 2.97. The quantitative estimate of drug-likeness (QED) is 0.916. The lowest BCUT2D eigenvalue weighted by Gasteiger charge is -2.09. The Hall–Kier alpha value is -0.580. The van der Waals surface area contributed by atoms with Gasteiger partial charge in [-0.25, -0.2) is 0 Å². The molecular weight excluding hydrogens is 300 g/mol. The second-order valence-corrected chi connectivity index (χ2v) is 6.73. The monoisotopic (exact) mass is 314 g/mol. The lowest BCUT2D eigenvalue weighted by atomic mass is 10.0. The number of aliphatic hydroxyl groups excluding tert-OH is 1. The molecule has 17 heavy (non-hydrogen) atoms. The van der Waals surface area contributed by atoms with Crippen molar-refractivity contribution in [2.75, 3.05) is 0 Å². The summed E-state index contributed by atoms with van der Waals surface area (Å²) in [7, 11) is 0. The first-order valence-corrected chi connectivity index (χ1v) is 7.08. The highest BCUT2D eigenvalue weighted by molar-refractivity contribution is 9.11. The molecule has 0 saturated heterocycles. The Morgan fingerprint density at radius 3 is 2.47 bits per heavy atom. The van der Waals surface area contributed by atoms with Crippen molar-refractivity contribution >= 4 is 27.3 Å². The number of halogens is 1. The Morgan fingerprint density at radius 2 is 2.00 bits per heavy atom. The van der Waals surface area contributed by atoms with Crippen molar-refractivity contribution in [3.05, 3.63) is 43.4 Å². The Kier molecular flexibility index (Phi) is 3.76. The molecule has 92 valence electrons. The Morgan fingerprint density at radius 1 is 1.29 bits per heavy atom. The van der Waals surface area contributed by atoms with E-state index in [0.717, 1.165) is 26.4 Å². The van der Waals surface area contributed by atoms with E-state index >= 15 is 0 Å². The molecule has 0 fully saturated rings. The fourth-order valence-corrected chi connectivity index (χ4v) is 3.57. The van der Waals surface area contributed by atoms with E-state index < -0.39 is 6.10 Å². The fourth-order valence-electron chi connectivity index (χ4n) is 2.05. The van der Waals surface area contributed by atoms with Crippen LogP contribution in [0.3, 0.4) is 0 Å². The predicted octanol–water partition coefficient (Wildman–Crippen LogP) is 4.30. The first-order valence-electron chi connectivity index (χ1n) is 5.47. The number of thiophene rings is 1. The lowest BCUT2D eigenvalue weighted by Crippen LogP contribution is -2.02. The zero-order valence-electron chi connectivity index (χ0n) is 10.1. The van der Waals surface area contributed by atoms with Gasteiger partial charge in [-0.1, -0.05) is 0 Å². The van der Waals surface area contributed by atoms with Crippen LogP contribution in [-0.4, -0.2) is 5.11 Å². The first-order chi connectivity index (χ1) is 7.99. The smallest absolute Gasteiger partial charge is 0.107 e. The minimum Gasteiger partial charge on any atom is -0.466 e. The second-order valence-electron chi connectivity index (χ2n) is 4.18. The molecule has 2 aromatic heterocycles. The van der Waals surface area contributed by atoms with E-state index in [1.54, 1.807) is 11.3 Å². The molecular formula is C13H15BrO2S. The molecule has 0 spiro atoms. The van der Waals surface area contributed by atoms with Crippen molar-refractivity contribution in [1.29, 1.82) is 0 Å². The van der Waals surface area contributed by atoms with E-state index in [2.05, 4.69) is 15.9 Å². The molecule has 2 aromatic rings. The Balaban J connectivity index is 2.22. The molecule has 2 heterocycles. The van der Waals surface area contributed by atoms with E-state index in [1.807, 2.05) is 32.9 Å². The number of hydrogen-bond acceptors (Lipinski definition) is 3. The van der Waals surface area contributed by atoms with Gasteiger partial charge < -0.3 is 9.52 Å². The van der Waals surface area contributed by atoms with Crippen LogP contribution in [0.25, 0.3) is 0 Å². The average Bonchev–Trinajstić information content (AvgIpc) is 2.73. The topological polar surface area (TPSA) is 33.4 Å². The summed E-state index contributed by atoms with van der Waals surface area (Å²) < 4.78 is 6.64. The number of aryl methyl sites for hydroxylation is 2. The first kappa shape index (κ1) is 12.9. The molecule has 0 aliphatic heterocycles. The van der Waals surface area contributed by atoms with Gasteiger partial charge in [-0.15, -0.1) is 11.3 Å². The highest BCUT2D eigenvalue weighted by Crippen LogP contribution is 2.31. The zero-order chi connectivity index (χ0) is 12.6. The van der Waals surface area contributed by atoms with Gasteiger partial charge in [0.1, 0.15) is 11.5 Å². The third-order valence-corrected chi connectivity index (χ3v) is 4.62. The summed E-state index contributed by atoms with van der Waals surface area (Å²) in [6, 6.07) is 4.04. The van der Waals surface area contributed by atoms with E-state index in [0.29, 0.717) is 6.42 Å². The van der Waals surface area contributed by atoms with E-state index in [-0.39, 0.29) is 0 Å². The highest BCUT2D eigenvalue weighted by Gasteiger charge is 2.19. The molecule has 0 amide bonds. The molecule has 0 radical (unpaired) electrons.